The van der Waals surface area contributed by atoms with Crippen LogP contribution in [0.3, 0.4) is 0 Å². The summed E-state index contributed by atoms with van der Waals surface area (Å²) in [6.45, 7) is -1.61. The molecule has 0 spiro atoms. The molecule has 0 aliphatic carbocycles. The number of aliphatic hydroxyl groups excluding tert-OH is 5. The Kier molecular flexibility index (Phi) is 4.95. The van der Waals surface area contributed by atoms with Crippen LogP contribution in [0.5, 0.6) is 0 Å². The standard InChI is InChI=1S/C6H12O6/c7-1-3(9)5(11)6(12)4(10)2-8/h3-5,7-11H,1-2H2/t3-,4?,5-/m1/s1/i1+1,2+1. The van der Waals surface area contributed by atoms with Gasteiger partial charge in [0.25, 0.3) is 0 Å². The van der Waals surface area contributed by atoms with Crippen LogP contribution in [-0.4, -0.2) is 62.8 Å². The average Bonchev–Trinajstić information content (AvgIpc) is 2.12. The molecular weight excluding hydrogens is 170 g/mol. The predicted molar refractivity (Wildman–Crippen MR) is 37.2 cm³/mol. The summed E-state index contributed by atoms with van der Waals surface area (Å²) in [6, 6.07) is 0. The summed E-state index contributed by atoms with van der Waals surface area (Å²) in [5.74, 6) is -1.11. The Labute approximate surface area is 68.7 Å². The van der Waals surface area contributed by atoms with Crippen molar-refractivity contribution >= 4 is 5.78 Å². The van der Waals surface area contributed by atoms with Gasteiger partial charge in [0, 0.05) is 0 Å². The van der Waals surface area contributed by atoms with Crippen molar-refractivity contribution in [3.63, 3.8) is 0 Å². The third-order valence-electron chi connectivity index (χ3n) is 1.34. The number of aliphatic hydroxyl groups is 5. The Morgan fingerprint density at radius 3 is 1.92 bits per heavy atom. The number of hydrogen-bond acceptors (Lipinski definition) is 6. The third kappa shape index (κ3) is 2.84. The Morgan fingerprint density at radius 2 is 1.58 bits per heavy atom. The summed E-state index contributed by atoms with van der Waals surface area (Å²) in [7, 11) is 0. The third-order valence-corrected chi connectivity index (χ3v) is 1.34. The highest BCUT2D eigenvalue weighted by Crippen LogP contribution is 1.98. The van der Waals surface area contributed by atoms with Crippen LogP contribution in [0.1, 0.15) is 0 Å². The minimum absolute atomic E-state index is 0.787. The SMILES string of the molecule is O=C(C(O)[13CH2]O)[C@H](O)[C@H](O)[13CH2]O. The molecule has 0 aliphatic rings. The zero-order chi connectivity index (χ0) is 9.72. The van der Waals surface area contributed by atoms with Crippen molar-refractivity contribution in [1.82, 2.24) is 0 Å². The molecule has 6 heteroatoms. The van der Waals surface area contributed by atoms with Gasteiger partial charge in [0.05, 0.1) is 13.2 Å². The van der Waals surface area contributed by atoms with Crippen LogP contribution in [-0.2, 0) is 4.79 Å². The van der Waals surface area contributed by atoms with Gasteiger partial charge in [-0.05, 0) is 0 Å². The number of carbonyl (C=O) groups is 1. The van der Waals surface area contributed by atoms with E-state index in [0.717, 1.165) is 0 Å². The number of rotatable bonds is 5. The molecule has 12 heavy (non-hydrogen) atoms. The van der Waals surface area contributed by atoms with Crippen molar-refractivity contribution in [2.45, 2.75) is 18.3 Å². The van der Waals surface area contributed by atoms with E-state index in [4.69, 9.17) is 25.5 Å². The summed E-state index contributed by atoms with van der Waals surface area (Å²) >= 11 is 0. The van der Waals surface area contributed by atoms with E-state index in [1.807, 2.05) is 0 Å². The molecule has 0 amide bonds. The molecule has 72 valence electrons. The molecule has 0 fully saturated rings. The van der Waals surface area contributed by atoms with Crippen molar-refractivity contribution in [3.8, 4) is 0 Å². The Morgan fingerprint density at radius 1 is 1.08 bits per heavy atom. The molecule has 0 saturated heterocycles. The van der Waals surface area contributed by atoms with Crippen LogP contribution in [0.4, 0.5) is 0 Å². The summed E-state index contributed by atoms with van der Waals surface area (Å²) in [4.78, 5) is 10.7. The molecule has 0 aromatic carbocycles. The van der Waals surface area contributed by atoms with Gasteiger partial charge in [0.2, 0.25) is 0 Å². The van der Waals surface area contributed by atoms with Gasteiger partial charge in [-0.1, -0.05) is 0 Å². The fourth-order valence-electron chi connectivity index (χ4n) is 0.577. The van der Waals surface area contributed by atoms with Gasteiger partial charge in [-0.3, -0.25) is 4.79 Å². The summed E-state index contributed by atoms with van der Waals surface area (Å²) in [6.07, 6.45) is -5.21. The topological polar surface area (TPSA) is 118 Å². The van der Waals surface area contributed by atoms with Crippen molar-refractivity contribution in [2.75, 3.05) is 13.2 Å². The molecule has 0 heterocycles. The van der Waals surface area contributed by atoms with Gasteiger partial charge < -0.3 is 25.5 Å². The van der Waals surface area contributed by atoms with E-state index in [2.05, 4.69) is 0 Å². The maximum atomic E-state index is 10.7. The second-order valence-electron chi connectivity index (χ2n) is 2.30. The minimum atomic E-state index is -1.86. The highest BCUT2D eigenvalue weighted by atomic mass is 16.4. The maximum Gasteiger partial charge on any atom is 0.194 e. The van der Waals surface area contributed by atoms with Gasteiger partial charge in [-0.25, -0.2) is 0 Å². The van der Waals surface area contributed by atoms with Gasteiger partial charge in [0.1, 0.15) is 18.3 Å². The fraction of sp³-hybridized carbons (Fsp3) is 0.833. The lowest BCUT2D eigenvalue weighted by molar-refractivity contribution is -0.144. The monoisotopic (exact) mass is 182 g/mol. The first-order valence-electron chi connectivity index (χ1n) is 3.34. The highest BCUT2D eigenvalue weighted by molar-refractivity contribution is 5.87. The molecule has 1 unspecified atom stereocenters. The van der Waals surface area contributed by atoms with Crippen LogP contribution in [0.25, 0.3) is 0 Å². The van der Waals surface area contributed by atoms with Crippen molar-refractivity contribution in [2.24, 2.45) is 0 Å². The number of ketones is 1. The van der Waals surface area contributed by atoms with E-state index < -0.39 is 37.3 Å². The zero-order valence-corrected chi connectivity index (χ0v) is 6.29. The predicted octanol–water partition coefficient (Wildman–Crippen LogP) is -3.38. The van der Waals surface area contributed by atoms with E-state index >= 15 is 0 Å². The molecule has 0 rings (SSSR count). The van der Waals surface area contributed by atoms with Crippen molar-refractivity contribution in [3.05, 3.63) is 0 Å². The molecule has 3 atom stereocenters. The maximum absolute atomic E-state index is 10.7. The molecular formula is C6H12O6. The molecule has 0 aliphatic heterocycles. The lowest BCUT2D eigenvalue weighted by Crippen LogP contribution is -2.43. The highest BCUT2D eigenvalue weighted by Gasteiger charge is 2.28. The largest absolute Gasteiger partial charge is 0.394 e. The number of Topliss-reactive ketones (excluding diaryl/α,β-unsaturated/α-hetero) is 1. The fourth-order valence-corrected chi connectivity index (χ4v) is 0.577. The quantitative estimate of drug-likeness (QED) is 0.283. The Balaban J connectivity index is 4.09. The minimum Gasteiger partial charge on any atom is -0.394 e. The number of hydrogen-bond donors (Lipinski definition) is 5. The first kappa shape index (κ1) is 11.5. The van der Waals surface area contributed by atoms with E-state index in [1.165, 1.54) is 0 Å². The van der Waals surface area contributed by atoms with E-state index in [0.29, 0.717) is 0 Å². The second-order valence-corrected chi connectivity index (χ2v) is 2.30. The van der Waals surface area contributed by atoms with Gasteiger partial charge in [0.15, 0.2) is 5.78 Å². The average molecular weight is 182 g/mol. The smallest absolute Gasteiger partial charge is 0.194 e. The van der Waals surface area contributed by atoms with Crippen LogP contribution in [0.2, 0.25) is 0 Å². The molecule has 5 N–H and O–H groups in total. The van der Waals surface area contributed by atoms with Gasteiger partial charge in [-0.15, -0.1) is 0 Å². The van der Waals surface area contributed by atoms with Crippen LogP contribution < -0.4 is 0 Å². The Bertz CT molecular complexity index is 147. The molecule has 0 aromatic heterocycles. The number of carbonyl (C=O) groups excluding carboxylic acids is 1. The lowest BCUT2D eigenvalue weighted by atomic mass is 10.1. The first-order valence-corrected chi connectivity index (χ1v) is 3.34. The molecule has 6 nitrogen and oxygen atoms in total. The van der Waals surface area contributed by atoms with Gasteiger partial charge in [-0.2, -0.15) is 0 Å². The Hall–Kier alpha value is -0.530. The lowest BCUT2D eigenvalue weighted by Gasteiger charge is -2.16. The summed E-state index contributed by atoms with van der Waals surface area (Å²) in [5.41, 5.74) is 0. The summed E-state index contributed by atoms with van der Waals surface area (Å²) < 4.78 is 0. The van der Waals surface area contributed by atoms with Crippen LogP contribution in [0, 0.1) is 0 Å². The first-order chi connectivity index (χ1) is 5.54. The van der Waals surface area contributed by atoms with Crippen molar-refractivity contribution in [1.29, 1.82) is 0 Å². The second kappa shape index (κ2) is 5.18. The van der Waals surface area contributed by atoms with E-state index in [9.17, 15) is 4.79 Å². The molecule has 0 radical (unpaired) electrons. The van der Waals surface area contributed by atoms with Crippen molar-refractivity contribution < 1.29 is 30.3 Å². The van der Waals surface area contributed by atoms with E-state index in [-0.39, 0.29) is 0 Å². The van der Waals surface area contributed by atoms with Crippen LogP contribution >= 0.6 is 0 Å². The molecule has 0 aromatic rings. The zero-order valence-electron chi connectivity index (χ0n) is 6.29. The molecule has 0 saturated carbocycles. The van der Waals surface area contributed by atoms with E-state index in [1.54, 1.807) is 0 Å². The molecule has 0 bridgehead atoms. The normalized spacial score (nSPS) is 18.4. The summed E-state index contributed by atoms with van der Waals surface area (Å²) in [5, 5.41) is 42.9. The van der Waals surface area contributed by atoms with Gasteiger partial charge >= 0.3 is 0 Å². The van der Waals surface area contributed by atoms with Crippen LogP contribution in [0.15, 0.2) is 0 Å².